The number of rotatable bonds is 5. The standard InChI is InChI=1S/C52H31N5/c1-33-25-51(56-47-19-6-4-17-42(47)44-23-21-37(29-49(44)56)35-12-9-15-40(27-35)54-2)52(31-46(33)39-14-8-11-34(26-39)32-53)57-48-20-7-5-18-43(48)45-24-22-38(30-50(45)57)36-13-10-16-41(28-36)55-3/h4-31H,1H3. The van der Waals surface area contributed by atoms with Crippen LogP contribution in [0.5, 0.6) is 0 Å². The number of hydrogen-bond donors (Lipinski definition) is 0. The Bertz CT molecular complexity index is 3410. The zero-order valence-electron chi connectivity index (χ0n) is 30.9. The molecule has 8 aromatic carbocycles. The van der Waals surface area contributed by atoms with Gasteiger partial charge in [-0.25, -0.2) is 9.69 Å². The Balaban J connectivity index is 1.34. The Morgan fingerprint density at radius 2 is 0.912 bits per heavy atom. The lowest BCUT2D eigenvalue weighted by atomic mass is 9.97. The number of nitrogens with zero attached hydrogens (tertiary/aromatic N) is 5. The zero-order valence-corrected chi connectivity index (χ0v) is 30.9. The van der Waals surface area contributed by atoms with Gasteiger partial charge in [0.05, 0.1) is 58.2 Å². The van der Waals surface area contributed by atoms with Gasteiger partial charge in [-0.3, -0.25) is 0 Å². The summed E-state index contributed by atoms with van der Waals surface area (Å²) in [5, 5.41) is 14.4. The molecule has 2 aromatic heterocycles. The maximum atomic E-state index is 9.89. The van der Waals surface area contributed by atoms with Crippen molar-refractivity contribution in [3.8, 4) is 50.8 Å². The molecule has 0 spiro atoms. The summed E-state index contributed by atoms with van der Waals surface area (Å²) in [6.07, 6.45) is 0. The Morgan fingerprint density at radius 3 is 1.46 bits per heavy atom. The molecule has 0 radical (unpaired) electrons. The van der Waals surface area contributed by atoms with Crippen molar-refractivity contribution in [2.75, 3.05) is 0 Å². The lowest BCUT2D eigenvalue weighted by Gasteiger charge is -2.20. The summed E-state index contributed by atoms with van der Waals surface area (Å²) in [6, 6.07) is 60.6. The highest BCUT2D eigenvalue weighted by Crippen LogP contribution is 2.42. The number of para-hydroxylation sites is 2. The molecule has 0 saturated carbocycles. The van der Waals surface area contributed by atoms with Gasteiger partial charge >= 0.3 is 0 Å². The second-order valence-electron chi connectivity index (χ2n) is 14.3. The summed E-state index contributed by atoms with van der Waals surface area (Å²) in [6.45, 7) is 17.5. The third-order valence-electron chi connectivity index (χ3n) is 11.1. The van der Waals surface area contributed by atoms with Crippen LogP contribution in [0, 0.1) is 31.4 Å². The molecule has 0 N–H and O–H groups in total. The van der Waals surface area contributed by atoms with Gasteiger partial charge in [-0.2, -0.15) is 5.26 Å². The predicted molar refractivity (Wildman–Crippen MR) is 233 cm³/mol. The normalized spacial score (nSPS) is 11.2. The van der Waals surface area contributed by atoms with Crippen LogP contribution in [0.25, 0.3) is 98.1 Å². The molecule has 0 aliphatic carbocycles. The summed E-state index contributed by atoms with van der Waals surface area (Å²) in [5.74, 6) is 0. The lowest BCUT2D eigenvalue weighted by Crippen LogP contribution is -2.05. The molecule has 0 aliphatic heterocycles. The average molecular weight is 726 g/mol. The van der Waals surface area contributed by atoms with Crippen LogP contribution in [0.3, 0.4) is 0 Å². The minimum absolute atomic E-state index is 0.602. The van der Waals surface area contributed by atoms with Crippen LogP contribution in [0.4, 0.5) is 11.4 Å². The molecular formula is C52H31N5. The summed E-state index contributed by atoms with van der Waals surface area (Å²) >= 11 is 0. The van der Waals surface area contributed by atoms with Crippen molar-refractivity contribution in [2.45, 2.75) is 6.92 Å². The number of hydrogen-bond acceptors (Lipinski definition) is 1. The van der Waals surface area contributed by atoms with Crippen molar-refractivity contribution < 1.29 is 0 Å². The van der Waals surface area contributed by atoms with Crippen molar-refractivity contribution in [3.05, 3.63) is 204 Å². The second-order valence-corrected chi connectivity index (χ2v) is 14.3. The van der Waals surface area contributed by atoms with Crippen LogP contribution in [0.15, 0.2) is 170 Å². The first kappa shape index (κ1) is 33.4. The Hall–Kier alpha value is -8.17. The van der Waals surface area contributed by atoms with E-state index < -0.39 is 0 Å². The van der Waals surface area contributed by atoms with Gasteiger partial charge in [-0.15, -0.1) is 0 Å². The van der Waals surface area contributed by atoms with Crippen molar-refractivity contribution in [2.24, 2.45) is 0 Å². The fourth-order valence-electron chi connectivity index (χ4n) is 8.44. The molecule has 10 aromatic rings. The van der Waals surface area contributed by atoms with Crippen LogP contribution in [0.1, 0.15) is 11.1 Å². The Labute approximate surface area is 329 Å². The van der Waals surface area contributed by atoms with Crippen LogP contribution < -0.4 is 0 Å². The summed E-state index contributed by atoms with van der Waals surface area (Å²) in [4.78, 5) is 7.42. The van der Waals surface area contributed by atoms with E-state index in [0.717, 1.165) is 93.9 Å². The Morgan fingerprint density at radius 1 is 0.439 bits per heavy atom. The predicted octanol–water partition coefficient (Wildman–Crippen LogP) is 14.2. The number of benzene rings is 8. The molecule has 264 valence electrons. The van der Waals surface area contributed by atoms with Crippen LogP contribution in [-0.4, -0.2) is 9.13 Å². The summed E-state index contributed by atoms with van der Waals surface area (Å²) in [5.41, 5.74) is 15.2. The molecule has 0 aliphatic rings. The number of fused-ring (bicyclic) bond motifs is 6. The summed E-state index contributed by atoms with van der Waals surface area (Å²) in [7, 11) is 0. The van der Waals surface area contributed by atoms with Gasteiger partial charge in [-0.1, -0.05) is 109 Å². The number of aromatic nitrogens is 2. The number of aryl methyl sites for hydroxylation is 1. The van der Waals surface area contributed by atoms with Crippen molar-refractivity contribution in [1.29, 1.82) is 5.26 Å². The first-order valence-electron chi connectivity index (χ1n) is 18.7. The molecule has 0 amide bonds. The van der Waals surface area contributed by atoms with E-state index in [1.807, 2.05) is 54.6 Å². The van der Waals surface area contributed by atoms with Crippen LogP contribution in [0.2, 0.25) is 0 Å². The topological polar surface area (TPSA) is 42.4 Å². The van der Waals surface area contributed by atoms with Gasteiger partial charge in [0.25, 0.3) is 0 Å². The minimum Gasteiger partial charge on any atom is -0.307 e. The molecule has 2 heterocycles. The molecule has 0 bridgehead atoms. The maximum Gasteiger partial charge on any atom is 0.187 e. The highest BCUT2D eigenvalue weighted by molar-refractivity contribution is 6.13. The van der Waals surface area contributed by atoms with Gasteiger partial charge in [0.15, 0.2) is 11.4 Å². The van der Waals surface area contributed by atoms with E-state index in [2.05, 4.69) is 147 Å². The fraction of sp³-hybridized carbons (Fsp3) is 0.0192. The van der Waals surface area contributed by atoms with Crippen molar-refractivity contribution in [3.63, 3.8) is 0 Å². The van der Waals surface area contributed by atoms with E-state index in [-0.39, 0.29) is 0 Å². The van der Waals surface area contributed by atoms with Crippen LogP contribution >= 0.6 is 0 Å². The smallest absolute Gasteiger partial charge is 0.187 e. The van der Waals surface area contributed by atoms with E-state index in [9.17, 15) is 5.26 Å². The molecule has 57 heavy (non-hydrogen) atoms. The fourth-order valence-corrected chi connectivity index (χ4v) is 8.44. The molecule has 0 atom stereocenters. The monoisotopic (exact) mass is 725 g/mol. The van der Waals surface area contributed by atoms with Crippen LogP contribution in [-0.2, 0) is 0 Å². The van der Waals surface area contributed by atoms with E-state index in [4.69, 9.17) is 13.1 Å². The van der Waals surface area contributed by atoms with E-state index in [0.29, 0.717) is 16.9 Å². The molecule has 0 fully saturated rings. The third-order valence-corrected chi connectivity index (χ3v) is 11.1. The lowest BCUT2D eigenvalue weighted by molar-refractivity contribution is 1.09. The highest BCUT2D eigenvalue weighted by Gasteiger charge is 2.22. The first-order chi connectivity index (χ1) is 28.0. The summed E-state index contributed by atoms with van der Waals surface area (Å²) < 4.78 is 4.76. The molecule has 0 unspecified atom stereocenters. The minimum atomic E-state index is 0.602. The highest BCUT2D eigenvalue weighted by atomic mass is 15.1. The molecule has 5 heteroatoms. The average Bonchev–Trinajstić information content (AvgIpc) is 3.78. The zero-order chi connectivity index (χ0) is 38.6. The second kappa shape index (κ2) is 13.3. The molecular weight excluding hydrogens is 695 g/mol. The van der Waals surface area contributed by atoms with E-state index in [1.54, 1.807) is 0 Å². The van der Waals surface area contributed by atoms with Gasteiger partial charge in [0.2, 0.25) is 0 Å². The number of nitriles is 1. The molecule has 5 nitrogen and oxygen atoms in total. The molecule has 0 saturated heterocycles. The van der Waals surface area contributed by atoms with E-state index in [1.165, 1.54) is 0 Å². The van der Waals surface area contributed by atoms with Gasteiger partial charge in [-0.05, 0) is 107 Å². The molecule has 10 rings (SSSR count). The van der Waals surface area contributed by atoms with E-state index >= 15 is 0 Å². The van der Waals surface area contributed by atoms with Gasteiger partial charge in [0.1, 0.15) is 0 Å². The largest absolute Gasteiger partial charge is 0.307 e. The van der Waals surface area contributed by atoms with Crippen molar-refractivity contribution in [1.82, 2.24) is 9.13 Å². The SMILES string of the molecule is [C-]#[N+]c1cccc(-c2ccc3c4ccccc4n(-c4cc(C)c(-c5cccc(C#N)c5)cc4-n4c5ccccc5c5ccc(-c6cccc([N+]#[C-])c6)cc54)c3c2)c1. The van der Waals surface area contributed by atoms with Crippen molar-refractivity contribution >= 4 is 55.0 Å². The Kier molecular flexibility index (Phi) is 7.79. The quantitative estimate of drug-likeness (QED) is 0.163. The van der Waals surface area contributed by atoms with Gasteiger partial charge in [0, 0.05) is 21.5 Å². The maximum absolute atomic E-state index is 9.89. The first-order valence-corrected chi connectivity index (χ1v) is 18.7. The third kappa shape index (κ3) is 5.45. The van der Waals surface area contributed by atoms with Gasteiger partial charge < -0.3 is 9.13 Å².